The third-order valence-electron chi connectivity index (χ3n) is 4.71. The number of aromatic nitrogens is 3. The van der Waals surface area contributed by atoms with Crippen LogP contribution >= 0.6 is 35.3 Å². The maximum atomic E-state index is 13.1. The average Bonchev–Trinajstić information content (AvgIpc) is 3.46. The van der Waals surface area contributed by atoms with Crippen LogP contribution in [0.15, 0.2) is 67.3 Å². The van der Waals surface area contributed by atoms with Crippen LogP contribution in [0.1, 0.15) is 12.0 Å². The summed E-state index contributed by atoms with van der Waals surface area (Å²) in [5, 5.41) is 12.1. The second kappa shape index (κ2) is 11.0. The summed E-state index contributed by atoms with van der Waals surface area (Å²) in [6.07, 6.45) is 8.97. The molecule has 0 spiro atoms. The van der Waals surface area contributed by atoms with Gasteiger partial charge in [0, 0.05) is 43.7 Å². The van der Waals surface area contributed by atoms with E-state index in [2.05, 4.69) is 9.97 Å². The Morgan fingerprint density at radius 2 is 2.09 bits per heavy atom. The molecule has 2 aromatic heterocycles. The van der Waals surface area contributed by atoms with Crippen LogP contribution in [0.2, 0.25) is 5.02 Å². The summed E-state index contributed by atoms with van der Waals surface area (Å²) >= 11 is 7.66. The van der Waals surface area contributed by atoms with Gasteiger partial charge in [0.25, 0.3) is 11.6 Å². The molecule has 0 atom stereocenters. The number of halogens is 2. The van der Waals surface area contributed by atoms with E-state index in [1.165, 1.54) is 29.5 Å². The molecule has 33 heavy (non-hydrogen) atoms. The van der Waals surface area contributed by atoms with Gasteiger partial charge in [-0.25, -0.2) is 9.97 Å². The van der Waals surface area contributed by atoms with Crippen molar-refractivity contribution in [2.24, 2.45) is 0 Å². The van der Waals surface area contributed by atoms with E-state index in [0.29, 0.717) is 40.7 Å². The lowest BCUT2D eigenvalue weighted by Crippen LogP contribution is -2.30. The lowest BCUT2D eigenvalue weighted by atomic mass is 10.2. The minimum Gasteiger partial charge on any atom is -0.337 e. The number of benzene rings is 2. The standard InChI is InChI=1S/C22H18ClN5O3S.ClH/c23-18-6-2-7-19-21(18)25-22(32-19)27(12-3-11-26-13-10-24-15-26)20(29)9-8-16-4-1-5-17(14-16)28(30)31;/h1-2,4-10,13-15H,3,11-12H2;1H/b9-8+;. The van der Waals surface area contributed by atoms with Crippen LogP contribution in [0, 0.1) is 10.1 Å². The molecule has 0 aliphatic heterocycles. The van der Waals surface area contributed by atoms with E-state index in [1.807, 2.05) is 22.9 Å². The van der Waals surface area contributed by atoms with Crippen LogP contribution in [0.3, 0.4) is 0 Å². The zero-order valence-corrected chi connectivity index (χ0v) is 19.6. The monoisotopic (exact) mass is 503 g/mol. The number of hydrogen-bond donors (Lipinski definition) is 0. The first-order valence-electron chi connectivity index (χ1n) is 9.76. The van der Waals surface area contributed by atoms with Gasteiger partial charge in [0.05, 0.1) is 21.0 Å². The van der Waals surface area contributed by atoms with Crippen molar-refractivity contribution in [2.75, 3.05) is 11.4 Å². The number of non-ortho nitro benzene ring substituents is 1. The number of imidazole rings is 1. The third kappa shape index (κ3) is 5.95. The van der Waals surface area contributed by atoms with E-state index in [-0.39, 0.29) is 24.0 Å². The number of fused-ring (bicyclic) bond motifs is 1. The Kier molecular flexibility index (Phi) is 8.16. The van der Waals surface area contributed by atoms with Gasteiger partial charge in [0.1, 0.15) is 5.52 Å². The van der Waals surface area contributed by atoms with Gasteiger partial charge >= 0.3 is 0 Å². The molecule has 0 radical (unpaired) electrons. The van der Waals surface area contributed by atoms with Gasteiger partial charge in [-0.3, -0.25) is 19.8 Å². The summed E-state index contributed by atoms with van der Waals surface area (Å²) in [5.74, 6) is -0.266. The highest BCUT2D eigenvalue weighted by Gasteiger charge is 2.18. The molecular weight excluding hydrogens is 485 g/mol. The molecule has 2 aromatic carbocycles. The molecule has 0 N–H and O–H groups in total. The van der Waals surface area contributed by atoms with Crippen molar-refractivity contribution in [3.63, 3.8) is 0 Å². The van der Waals surface area contributed by atoms with Crippen molar-refractivity contribution < 1.29 is 9.72 Å². The second-order valence-corrected chi connectivity index (χ2v) is 8.33. The number of para-hydroxylation sites is 1. The van der Waals surface area contributed by atoms with Gasteiger partial charge in [-0.15, -0.1) is 12.4 Å². The summed E-state index contributed by atoms with van der Waals surface area (Å²) in [7, 11) is 0. The van der Waals surface area contributed by atoms with Crippen molar-refractivity contribution in [3.8, 4) is 0 Å². The molecule has 4 aromatic rings. The maximum Gasteiger partial charge on any atom is 0.270 e. The number of amides is 1. The van der Waals surface area contributed by atoms with Gasteiger partial charge in [-0.1, -0.05) is 41.1 Å². The minimum atomic E-state index is -0.466. The molecule has 0 bridgehead atoms. The number of thiazole rings is 1. The van der Waals surface area contributed by atoms with E-state index in [9.17, 15) is 14.9 Å². The molecule has 11 heteroatoms. The largest absolute Gasteiger partial charge is 0.337 e. The van der Waals surface area contributed by atoms with Crippen LogP contribution in [-0.2, 0) is 11.3 Å². The minimum absolute atomic E-state index is 0. The molecule has 0 fully saturated rings. The molecule has 2 heterocycles. The summed E-state index contributed by atoms with van der Waals surface area (Å²) < 4.78 is 2.83. The van der Waals surface area contributed by atoms with Crippen LogP contribution in [0.25, 0.3) is 16.3 Å². The van der Waals surface area contributed by atoms with Crippen molar-refractivity contribution >= 4 is 68.4 Å². The molecule has 1 amide bonds. The number of nitro groups is 1. The van der Waals surface area contributed by atoms with E-state index in [4.69, 9.17) is 11.6 Å². The van der Waals surface area contributed by atoms with Crippen LogP contribution in [0.5, 0.6) is 0 Å². The highest BCUT2D eigenvalue weighted by atomic mass is 35.5. The number of nitrogens with zero attached hydrogens (tertiary/aromatic N) is 5. The zero-order chi connectivity index (χ0) is 22.5. The Balaban J connectivity index is 0.00000306. The van der Waals surface area contributed by atoms with E-state index in [1.54, 1.807) is 41.7 Å². The number of nitro benzene ring substituents is 1. The molecule has 0 saturated heterocycles. The molecule has 170 valence electrons. The van der Waals surface area contributed by atoms with Crippen LogP contribution in [-0.4, -0.2) is 31.9 Å². The Hall–Kier alpha value is -3.27. The highest BCUT2D eigenvalue weighted by Crippen LogP contribution is 2.33. The molecular formula is C22H19Cl2N5O3S. The van der Waals surface area contributed by atoms with Gasteiger partial charge in [0.15, 0.2) is 5.13 Å². The quantitative estimate of drug-likeness (QED) is 0.177. The molecule has 0 aliphatic carbocycles. The van der Waals surface area contributed by atoms with Gasteiger partial charge in [0.2, 0.25) is 0 Å². The fourth-order valence-corrected chi connectivity index (χ4v) is 4.45. The molecule has 0 unspecified atom stereocenters. The van der Waals surface area contributed by atoms with E-state index in [0.717, 1.165) is 4.70 Å². The number of rotatable bonds is 8. The summed E-state index contributed by atoms with van der Waals surface area (Å²) in [5.41, 5.74) is 1.19. The molecule has 0 aliphatic rings. The predicted octanol–water partition coefficient (Wildman–Crippen LogP) is 5.61. The highest BCUT2D eigenvalue weighted by molar-refractivity contribution is 7.22. The number of carbonyl (C=O) groups is 1. The summed E-state index contributed by atoms with van der Waals surface area (Å²) in [6.45, 7) is 1.14. The lowest BCUT2D eigenvalue weighted by molar-refractivity contribution is -0.384. The van der Waals surface area contributed by atoms with Crippen LogP contribution < -0.4 is 4.90 Å². The van der Waals surface area contributed by atoms with Gasteiger partial charge in [-0.2, -0.15) is 0 Å². The van der Waals surface area contributed by atoms with Crippen LogP contribution in [0.4, 0.5) is 10.8 Å². The average molecular weight is 504 g/mol. The number of aryl methyl sites for hydroxylation is 1. The van der Waals surface area contributed by atoms with Crippen molar-refractivity contribution in [1.29, 1.82) is 0 Å². The molecule has 8 nitrogen and oxygen atoms in total. The maximum absolute atomic E-state index is 13.1. The Bertz CT molecular complexity index is 1290. The summed E-state index contributed by atoms with van der Waals surface area (Å²) in [4.78, 5) is 33.9. The molecule has 0 saturated carbocycles. The first-order valence-corrected chi connectivity index (χ1v) is 11.0. The lowest BCUT2D eigenvalue weighted by Gasteiger charge is -2.18. The van der Waals surface area contributed by atoms with E-state index >= 15 is 0 Å². The predicted molar refractivity (Wildman–Crippen MR) is 133 cm³/mol. The first-order chi connectivity index (χ1) is 15.5. The summed E-state index contributed by atoms with van der Waals surface area (Å²) in [6, 6.07) is 11.6. The number of anilines is 1. The third-order valence-corrected chi connectivity index (χ3v) is 6.06. The number of hydrogen-bond acceptors (Lipinski definition) is 6. The fraction of sp³-hybridized carbons (Fsp3) is 0.136. The van der Waals surface area contributed by atoms with E-state index < -0.39 is 4.92 Å². The van der Waals surface area contributed by atoms with Gasteiger partial charge < -0.3 is 4.57 Å². The number of carbonyl (C=O) groups excluding carboxylic acids is 1. The molecule has 4 rings (SSSR count). The topological polar surface area (TPSA) is 94.2 Å². The van der Waals surface area contributed by atoms with Crippen molar-refractivity contribution in [1.82, 2.24) is 14.5 Å². The Labute approximate surface area is 204 Å². The SMILES string of the molecule is Cl.O=C(/C=C/c1cccc([N+](=O)[O-])c1)N(CCCn1ccnc1)c1nc2c(Cl)cccc2s1. The Morgan fingerprint density at radius 1 is 1.27 bits per heavy atom. The Morgan fingerprint density at radius 3 is 2.82 bits per heavy atom. The van der Waals surface area contributed by atoms with Crippen molar-refractivity contribution in [3.05, 3.63) is 88.0 Å². The smallest absolute Gasteiger partial charge is 0.270 e. The van der Waals surface area contributed by atoms with Crippen molar-refractivity contribution in [2.45, 2.75) is 13.0 Å². The first kappa shape index (κ1) is 24.4. The fourth-order valence-electron chi connectivity index (χ4n) is 3.15. The zero-order valence-electron chi connectivity index (χ0n) is 17.2. The van der Waals surface area contributed by atoms with Gasteiger partial charge in [-0.05, 0) is 30.2 Å². The normalized spacial score (nSPS) is 10.9. The second-order valence-electron chi connectivity index (χ2n) is 6.91.